The van der Waals surface area contributed by atoms with Crippen LogP contribution in [0.4, 0.5) is 0 Å². The molecule has 0 amide bonds. The summed E-state index contributed by atoms with van der Waals surface area (Å²) in [4.78, 5) is 11.3. The Morgan fingerprint density at radius 3 is 2.67 bits per heavy atom. The molecule has 1 aromatic heterocycles. The largest absolute Gasteiger partial charge is 0.464 e. The quantitative estimate of drug-likeness (QED) is 0.516. The van der Waals surface area contributed by atoms with Crippen LogP contribution in [0, 0.1) is 0 Å². The third kappa shape index (κ3) is 3.19. The summed E-state index contributed by atoms with van der Waals surface area (Å²) in [5, 5.41) is 36.6. The topological polar surface area (TPSA) is 136 Å². The number of carbonyl (C=O) groups is 1. The van der Waals surface area contributed by atoms with E-state index in [2.05, 4.69) is 15.0 Å². The number of rotatable bonds is 4. The van der Waals surface area contributed by atoms with E-state index >= 15 is 0 Å². The van der Waals surface area contributed by atoms with Crippen LogP contribution in [0.2, 0.25) is 0 Å². The summed E-state index contributed by atoms with van der Waals surface area (Å²) >= 11 is 0. The number of aliphatic hydroxyl groups excluding tert-OH is 3. The standard InChI is InChI=1S/C11H17N3O7/c1-19-10(18)5-3-14(13-12-5)4-6-7(15)8(16)9(17)11(20-2)21-6/h3,6-9,11,15-17H,4H2,1-2H3/t6-,7+,8+,9-,11-/m1/s1. The second-order valence-corrected chi connectivity index (χ2v) is 4.57. The van der Waals surface area contributed by atoms with E-state index in [9.17, 15) is 20.1 Å². The molecule has 2 rings (SSSR count). The molecular formula is C11H17N3O7. The molecule has 0 aromatic carbocycles. The molecule has 5 atom stereocenters. The highest BCUT2D eigenvalue weighted by Crippen LogP contribution is 2.22. The normalized spacial score (nSPS) is 32.9. The maximum atomic E-state index is 11.3. The van der Waals surface area contributed by atoms with Gasteiger partial charge >= 0.3 is 5.97 Å². The Morgan fingerprint density at radius 1 is 1.33 bits per heavy atom. The van der Waals surface area contributed by atoms with Crippen LogP contribution in [-0.2, 0) is 20.8 Å². The number of carbonyl (C=O) groups excluding carboxylic acids is 1. The molecule has 0 saturated carbocycles. The first-order chi connectivity index (χ1) is 9.97. The zero-order valence-corrected chi connectivity index (χ0v) is 11.5. The van der Waals surface area contributed by atoms with Crippen molar-refractivity contribution in [3.05, 3.63) is 11.9 Å². The Balaban J connectivity index is 2.07. The van der Waals surface area contributed by atoms with Gasteiger partial charge in [-0.1, -0.05) is 5.21 Å². The van der Waals surface area contributed by atoms with E-state index in [-0.39, 0.29) is 12.2 Å². The lowest BCUT2D eigenvalue weighted by Crippen LogP contribution is -2.58. The SMILES string of the molecule is COC(=O)c1cn(C[C@H]2O[C@@H](OC)[C@H](O)[C@@H](O)[C@H]2O)nn1. The van der Waals surface area contributed by atoms with Crippen molar-refractivity contribution in [3.63, 3.8) is 0 Å². The summed E-state index contributed by atoms with van der Waals surface area (Å²) in [5.74, 6) is -0.642. The molecule has 1 fully saturated rings. The Kier molecular flexibility index (Phi) is 4.85. The number of nitrogens with zero attached hydrogens (tertiary/aromatic N) is 3. The number of methoxy groups -OCH3 is 2. The lowest BCUT2D eigenvalue weighted by molar-refractivity contribution is -0.292. The first-order valence-corrected chi connectivity index (χ1v) is 6.18. The zero-order valence-electron chi connectivity index (χ0n) is 11.5. The first kappa shape index (κ1) is 15.8. The van der Waals surface area contributed by atoms with Crippen LogP contribution in [0.25, 0.3) is 0 Å². The molecule has 0 spiro atoms. The molecule has 10 heteroatoms. The van der Waals surface area contributed by atoms with E-state index in [1.807, 2.05) is 0 Å². The molecule has 1 aromatic rings. The second kappa shape index (κ2) is 6.45. The van der Waals surface area contributed by atoms with Gasteiger partial charge in [-0.15, -0.1) is 5.10 Å². The Bertz CT molecular complexity index is 492. The van der Waals surface area contributed by atoms with E-state index in [4.69, 9.17) is 9.47 Å². The summed E-state index contributed by atoms with van der Waals surface area (Å²) in [7, 11) is 2.52. The summed E-state index contributed by atoms with van der Waals surface area (Å²) in [6.07, 6.45) is -4.75. The van der Waals surface area contributed by atoms with Crippen LogP contribution in [0.15, 0.2) is 6.20 Å². The van der Waals surface area contributed by atoms with Crippen molar-refractivity contribution in [2.45, 2.75) is 37.3 Å². The van der Waals surface area contributed by atoms with Crippen LogP contribution in [0.1, 0.15) is 10.5 Å². The van der Waals surface area contributed by atoms with Gasteiger partial charge in [0.15, 0.2) is 12.0 Å². The van der Waals surface area contributed by atoms with Gasteiger partial charge in [-0.2, -0.15) is 0 Å². The molecule has 10 nitrogen and oxygen atoms in total. The van der Waals surface area contributed by atoms with Crippen LogP contribution in [0.3, 0.4) is 0 Å². The average Bonchev–Trinajstić information content (AvgIpc) is 2.95. The van der Waals surface area contributed by atoms with Gasteiger partial charge in [-0.3, -0.25) is 0 Å². The number of hydrogen-bond acceptors (Lipinski definition) is 9. The predicted octanol–water partition coefficient (Wildman–Crippen LogP) is -2.48. The molecule has 1 saturated heterocycles. The lowest BCUT2D eigenvalue weighted by atomic mass is 9.99. The average molecular weight is 303 g/mol. The van der Waals surface area contributed by atoms with E-state index in [1.165, 1.54) is 25.1 Å². The predicted molar refractivity (Wildman–Crippen MR) is 65.1 cm³/mol. The Morgan fingerprint density at radius 2 is 2.05 bits per heavy atom. The molecule has 0 radical (unpaired) electrons. The maximum Gasteiger partial charge on any atom is 0.360 e. The highest BCUT2D eigenvalue weighted by Gasteiger charge is 2.44. The molecule has 0 bridgehead atoms. The van der Waals surface area contributed by atoms with Gasteiger partial charge in [0.05, 0.1) is 19.9 Å². The van der Waals surface area contributed by atoms with Crippen molar-refractivity contribution < 1.29 is 34.3 Å². The van der Waals surface area contributed by atoms with Crippen molar-refractivity contribution >= 4 is 5.97 Å². The van der Waals surface area contributed by atoms with Gasteiger partial charge in [0.25, 0.3) is 0 Å². The molecular weight excluding hydrogens is 286 g/mol. The van der Waals surface area contributed by atoms with Crippen molar-refractivity contribution in [1.29, 1.82) is 0 Å². The molecule has 2 heterocycles. The first-order valence-electron chi connectivity index (χ1n) is 6.18. The Labute approximate surface area is 119 Å². The van der Waals surface area contributed by atoms with E-state index in [1.54, 1.807) is 0 Å². The van der Waals surface area contributed by atoms with Gasteiger partial charge < -0.3 is 29.5 Å². The zero-order chi connectivity index (χ0) is 15.6. The van der Waals surface area contributed by atoms with Gasteiger partial charge in [-0.25, -0.2) is 9.48 Å². The summed E-state index contributed by atoms with van der Waals surface area (Å²) < 4.78 is 16.0. The van der Waals surface area contributed by atoms with Crippen LogP contribution >= 0.6 is 0 Å². The third-order valence-electron chi connectivity index (χ3n) is 3.20. The summed E-state index contributed by atoms with van der Waals surface area (Å²) in [6, 6.07) is 0. The molecule has 21 heavy (non-hydrogen) atoms. The summed E-state index contributed by atoms with van der Waals surface area (Å²) in [6.45, 7) is 0.00873. The second-order valence-electron chi connectivity index (χ2n) is 4.57. The fraction of sp³-hybridized carbons (Fsp3) is 0.727. The minimum Gasteiger partial charge on any atom is -0.464 e. The molecule has 0 aliphatic carbocycles. The number of aromatic nitrogens is 3. The van der Waals surface area contributed by atoms with Crippen molar-refractivity contribution in [1.82, 2.24) is 15.0 Å². The number of hydrogen-bond donors (Lipinski definition) is 3. The minimum atomic E-state index is -1.42. The fourth-order valence-corrected chi connectivity index (χ4v) is 2.03. The minimum absolute atomic E-state index is 0.00618. The van der Waals surface area contributed by atoms with Gasteiger partial charge in [0, 0.05) is 7.11 Å². The van der Waals surface area contributed by atoms with Crippen LogP contribution < -0.4 is 0 Å². The van der Waals surface area contributed by atoms with Gasteiger partial charge in [0.1, 0.15) is 24.4 Å². The molecule has 1 aliphatic rings. The summed E-state index contributed by atoms with van der Waals surface area (Å²) in [5.41, 5.74) is 0.00618. The highest BCUT2D eigenvalue weighted by molar-refractivity contribution is 5.86. The van der Waals surface area contributed by atoms with Crippen molar-refractivity contribution in [2.24, 2.45) is 0 Å². The lowest BCUT2D eigenvalue weighted by Gasteiger charge is -2.39. The van der Waals surface area contributed by atoms with Gasteiger partial charge in [-0.05, 0) is 0 Å². The molecule has 1 aliphatic heterocycles. The Hall–Kier alpha value is -1.59. The van der Waals surface area contributed by atoms with Crippen LogP contribution in [0.5, 0.6) is 0 Å². The van der Waals surface area contributed by atoms with E-state index < -0.39 is 36.7 Å². The van der Waals surface area contributed by atoms with Crippen molar-refractivity contribution in [2.75, 3.05) is 14.2 Å². The number of aliphatic hydroxyl groups is 3. The smallest absolute Gasteiger partial charge is 0.360 e. The van der Waals surface area contributed by atoms with Crippen molar-refractivity contribution in [3.8, 4) is 0 Å². The van der Waals surface area contributed by atoms with E-state index in [0.717, 1.165) is 0 Å². The molecule has 3 N–H and O–H groups in total. The third-order valence-corrected chi connectivity index (χ3v) is 3.20. The number of esters is 1. The fourth-order valence-electron chi connectivity index (χ4n) is 2.03. The maximum absolute atomic E-state index is 11.3. The molecule has 0 unspecified atom stereocenters. The van der Waals surface area contributed by atoms with E-state index in [0.29, 0.717) is 0 Å². The monoisotopic (exact) mass is 303 g/mol. The molecule has 118 valence electrons. The number of ether oxygens (including phenoxy) is 3. The van der Waals surface area contributed by atoms with Gasteiger partial charge in [0.2, 0.25) is 0 Å². The van der Waals surface area contributed by atoms with Crippen LogP contribution in [-0.4, -0.2) is 81.2 Å². The highest BCUT2D eigenvalue weighted by atomic mass is 16.7.